The maximum Gasteiger partial charge on any atom is 0.410 e. The van der Waals surface area contributed by atoms with Gasteiger partial charge < -0.3 is 24.4 Å². The molecule has 1 saturated heterocycles. The molecule has 1 amide bonds. The minimum atomic E-state index is -1.08. The summed E-state index contributed by atoms with van der Waals surface area (Å²) in [5, 5.41) is 9.14. The summed E-state index contributed by atoms with van der Waals surface area (Å²) in [4.78, 5) is 31.4. The lowest BCUT2D eigenvalue weighted by Gasteiger charge is -2.40. The highest BCUT2D eigenvalue weighted by atomic mass is 16.6. The van der Waals surface area contributed by atoms with Crippen LogP contribution in [0.25, 0.3) is 0 Å². The molecule has 1 aromatic heterocycles. The highest BCUT2D eigenvalue weighted by molar-refractivity contribution is 5.90. The predicted molar refractivity (Wildman–Crippen MR) is 92.4 cm³/mol. The van der Waals surface area contributed by atoms with Crippen LogP contribution in [0.15, 0.2) is 12.3 Å². The number of amides is 1. The van der Waals surface area contributed by atoms with Gasteiger partial charge in [0.05, 0.1) is 7.11 Å². The predicted octanol–water partition coefficient (Wildman–Crippen LogP) is 2.23. The standard InChI is InChI=1S/C17H25N3O5/c1-11-10-19(6-7-20(11)16(23)25-17(2,3)4)14-8-13(24-5)12(9-18-14)15(21)22/h8-9,11H,6-7,10H2,1-5H3,(H,21,22)/t11-/m1/s1. The van der Waals surface area contributed by atoms with Gasteiger partial charge >= 0.3 is 12.1 Å². The van der Waals surface area contributed by atoms with E-state index in [-0.39, 0.29) is 23.4 Å². The summed E-state index contributed by atoms with van der Waals surface area (Å²) in [6.07, 6.45) is 0.966. The molecule has 0 unspecified atom stereocenters. The molecule has 1 aliphatic rings. The summed E-state index contributed by atoms with van der Waals surface area (Å²) in [6.45, 7) is 9.11. The second kappa shape index (κ2) is 7.16. The second-order valence-corrected chi connectivity index (χ2v) is 7.02. The minimum absolute atomic E-state index is 0.0201. The van der Waals surface area contributed by atoms with Crippen molar-refractivity contribution in [3.05, 3.63) is 17.8 Å². The normalized spacial score (nSPS) is 18.0. The number of carbonyl (C=O) groups excluding carboxylic acids is 1. The quantitative estimate of drug-likeness (QED) is 0.892. The van der Waals surface area contributed by atoms with E-state index in [4.69, 9.17) is 14.6 Å². The van der Waals surface area contributed by atoms with Crippen molar-refractivity contribution in [2.75, 3.05) is 31.6 Å². The number of pyridine rings is 1. The van der Waals surface area contributed by atoms with Crippen LogP contribution in [0.2, 0.25) is 0 Å². The minimum Gasteiger partial charge on any atom is -0.496 e. The Morgan fingerprint density at radius 2 is 2.00 bits per heavy atom. The fourth-order valence-electron chi connectivity index (χ4n) is 2.69. The molecule has 1 atom stereocenters. The molecule has 2 rings (SSSR count). The van der Waals surface area contributed by atoms with Crippen LogP contribution in [0, 0.1) is 0 Å². The zero-order chi connectivity index (χ0) is 18.8. The number of aromatic nitrogens is 1. The zero-order valence-electron chi connectivity index (χ0n) is 15.3. The zero-order valence-corrected chi connectivity index (χ0v) is 15.3. The lowest BCUT2D eigenvalue weighted by atomic mass is 10.1. The number of rotatable bonds is 3. The van der Waals surface area contributed by atoms with Gasteiger partial charge in [-0.3, -0.25) is 0 Å². The molecule has 138 valence electrons. The molecule has 1 aliphatic heterocycles. The van der Waals surface area contributed by atoms with Gasteiger partial charge in [-0.15, -0.1) is 0 Å². The van der Waals surface area contributed by atoms with Gasteiger partial charge in [-0.2, -0.15) is 0 Å². The van der Waals surface area contributed by atoms with Crippen LogP contribution in [0.3, 0.4) is 0 Å². The van der Waals surface area contributed by atoms with Crippen LogP contribution in [0.4, 0.5) is 10.6 Å². The lowest BCUT2D eigenvalue weighted by Crippen LogP contribution is -2.55. The van der Waals surface area contributed by atoms with E-state index < -0.39 is 11.6 Å². The fraction of sp³-hybridized carbons (Fsp3) is 0.588. The third-order valence-corrected chi connectivity index (χ3v) is 3.88. The van der Waals surface area contributed by atoms with E-state index in [1.807, 2.05) is 32.6 Å². The summed E-state index contributed by atoms with van der Waals surface area (Å²) >= 11 is 0. The number of methoxy groups -OCH3 is 1. The van der Waals surface area contributed by atoms with Gasteiger partial charge in [0.25, 0.3) is 0 Å². The van der Waals surface area contributed by atoms with Crippen LogP contribution in [0.5, 0.6) is 5.75 Å². The van der Waals surface area contributed by atoms with Crippen LogP contribution >= 0.6 is 0 Å². The van der Waals surface area contributed by atoms with Crippen LogP contribution < -0.4 is 9.64 Å². The third-order valence-electron chi connectivity index (χ3n) is 3.88. The van der Waals surface area contributed by atoms with Gasteiger partial charge in [0.2, 0.25) is 0 Å². The van der Waals surface area contributed by atoms with Crippen LogP contribution in [0.1, 0.15) is 38.1 Å². The Bertz CT molecular complexity index is 656. The van der Waals surface area contributed by atoms with Gasteiger partial charge in [-0.25, -0.2) is 14.6 Å². The first kappa shape index (κ1) is 18.8. The molecule has 0 spiro atoms. The van der Waals surface area contributed by atoms with Crippen molar-refractivity contribution in [2.45, 2.75) is 39.3 Å². The van der Waals surface area contributed by atoms with E-state index in [0.717, 1.165) is 0 Å². The summed E-state index contributed by atoms with van der Waals surface area (Å²) in [7, 11) is 1.43. The molecule has 8 nitrogen and oxygen atoms in total. The first-order chi connectivity index (χ1) is 11.6. The Balaban J connectivity index is 2.10. The van der Waals surface area contributed by atoms with E-state index >= 15 is 0 Å². The highest BCUT2D eigenvalue weighted by Crippen LogP contribution is 2.25. The number of carboxylic acid groups (broad SMARTS) is 1. The van der Waals surface area contributed by atoms with Gasteiger partial charge in [0, 0.05) is 37.9 Å². The highest BCUT2D eigenvalue weighted by Gasteiger charge is 2.31. The Morgan fingerprint density at radius 3 is 2.52 bits per heavy atom. The molecule has 0 aromatic carbocycles. The Kier molecular flexibility index (Phi) is 5.39. The van der Waals surface area contributed by atoms with E-state index in [1.54, 1.807) is 11.0 Å². The topological polar surface area (TPSA) is 92.2 Å². The molecule has 8 heteroatoms. The SMILES string of the molecule is COc1cc(N2CCN(C(=O)OC(C)(C)C)[C@H](C)C2)ncc1C(=O)O. The molecule has 2 heterocycles. The summed E-state index contributed by atoms with van der Waals surface area (Å²) in [5.41, 5.74) is -0.512. The van der Waals surface area contributed by atoms with Crippen molar-refractivity contribution in [1.29, 1.82) is 0 Å². The molecule has 0 radical (unpaired) electrons. The van der Waals surface area contributed by atoms with E-state index in [2.05, 4.69) is 4.98 Å². The van der Waals surface area contributed by atoms with Crippen LogP contribution in [-0.4, -0.2) is 65.4 Å². The number of nitrogens with zero attached hydrogens (tertiary/aromatic N) is 3. The fourth-order valence-corrected chi connectivity index (χ4v) is 2.69. The van der Waals surface area contributed by atoms with E-state index in [0.29, 0.717) is 25.5 Å². The molecule has 0 aliphatic carbocycles. The first-order valence-electron chi connectivity index (χ1n) is 8.14. The summed E-state index contributed by atoms with van der Waals surface area (Å²) < 4.78 is 10.6. The number of hydrogen-bond donors (Lipinski definition) is 1. The van der Waals surface area contributed by atoms with Gasteiger partial charge in [0.1, 0.15) is 22.7 Å². The third kappa shape index (κ3) is 4.52. The summed E-state index contributed by atoms with van der Waals surface area (Å²) in [6, 6.07) is 1.55. The van der Waals surface area contributed by atoms with Crippen molar-refractivity contribution in [3.63, 3.8) is 0 Å². The lowest BCUT2D eigenvalue weighted by molar-refractivity contribution is 0.0158. The summed E-state index contributed by atoms with van der Waals surface area (Å²) in [5.74, 6) is -0.198. The molecule has 0 bridgehead atoms. The molecule has 25 heavy (non-hydrogen) atoms. The number of hydrogen-bond acceptors (Lipinski definition) is 6. The van der Waals surface area contributed by atoms with Crippen LogP contribution in [-0.2, 0) is 4.74 Å². The molecule has 0 saturated carbocycles. The number of anilines is 1. The molecule has 1 aromatic rings. The van der Waals surface area contributed by atoms with E-state index in [1.165, 1.54) is 13.3 Å². The smallest absolute Gasteiger partial charge is 0.410 e. The first-order valence-corrected chi connectivity index (χ1v) is 8.14. The Morgan fingerprint density at radius 1 is 1.32 bits per heavy atom. The largest absolute Gasteiger partial charge is 0.496 e. The Labute approximate surface area is 147 Å². The maximum atomic E-state index is 12.3. The van der Waals surface area contributed by atoms with Gasteiger partial charge in [-0.1, -0.05) is 0 Å². The molecular weight excluding hydrogens is 326 g/mol. The number of ether oxygens (including phenoxy) is 2. The maximum absolute atomic E-state index is 12.3. The monoisotopic (exact) mass is 351 g/mol. The average molecular weight is 351 g/mol. The van der Waals surface area contributed by atoms with Crippen molar-refractivity contribution in [2.24, 2.45) is 0 Å². The van der Waals surface area contributed by atoms with Crippen molar-refractivity contribution in [1.82, 2.24) is 9.88 Å². The average Bonchev–Trinajstić information content (AvgIpc) is 2.52. The number of piperazine rings is 1. The Hall–Kier alpha value is -2.51. The van der Waals surface area contributed by atoms with E-state index in [9.17, 15) is 9.59 Å². The number of aromatic carboxylic acids is 1. The second-order valence-electron chi connectivity index (χ2n) is 7.02. The van der Waals surface area contributed by atoms with Crippen molar-refractivity contribution < 1.29 is 24.2 Å². The number of carbonyl (C=O) groups is 2. The molecular formula is C17H25N3O5. The molecule has 1 fully saturated rings. The van der Waals surface area contributed by atoms with Crippen molar-refractivity contribution in [3.8, 4) is 5.75 Å². The van der Waals surface area contributed by atoms with Gasteiger partial charge in [-0.05, 0) is 27.7 Å². The number of carboxylic acids is 1. The molecule has 1 N–H and O–H groups in total. The van der Waals surface area contributed by atoms with Gasteiger partial charge in [0.15, 0.2) is 0 Å². The van der Waals surface area contributed by atoms with Crippen molar-refractivity contribution >= 4 is 17.9 Å².